The van der Waals surface area contributed by atoms with E-state index in [-0.39, 0.29) is 0 Å². The summed E-state index contributed by atoms with van der Waals surface area (Å²) in [5.41, 5.74) is -0.792. The number of amidine groups is 2. The van der Waals surface area contributed by atoms with E-state index in [2.05, 4.69) is 30.8 Å². The molecule has 0 aliphatic carbocycles. The highest BCUT2D eigenvalue weighted by Crippen LogP contribution is 2.19. The minimum Gasteiger partial charge on any atom is -0.370 e. The van der Waals surface area contributed by atoms with Gasteiger partial charge in [-0.05, 0) is 27.7 Å². The van der Waals surface area contributed by atoms with Gasteiger partial charge >= 0.3 is 10.4 Å². The fourth-order valence-corrected chi connectivity index (χ4v) is 1.96. The summed E-state index contributed by atoms with van der Waals surface area (Å²) in [4.78, 5) is 8.82. The summed E-state index contributed by atoms with van der Waals surface area (Å²) in [7, 11) is -4.67. The zero-order valence-electron chi connectivity index (χ0n) is 13.7. The molecule has 2 aliphatic heterocycles. The highest BCUT2D eigenvalue weighted by atomic mass is 32.3. The minimum absolute atomic E-state index is 0.396. The van der Waals surface area contributed by atoms with E-state index >= 15 is 0 Å². The fourth-order valence-electron chi connectivity index (χ4n) is 1.96. The zero-order valence-corrected chi connectivity index (χ0v) is 14.6. The molecule has 0 aromatic heterocycles. The average molecular weight is 348 g/mol. The molecule has 2 rings (SSSR count). The normalized spacial score (nSPS) is 18.7. The number of rotatable bonds is 4. The predicted octanol–water partition coefficient (Wildman–Crippen LogP) is 0.346. The maximum absolute atomic E-state index is 8.74. The van der Waals surface area contributed by atoms with Crippen molar-refractivity contribution in [3.63, 3.8) is 0 Å². The molecule has 0 fully saturated rings. The molecule has 4 N–H and O–H groups in total. The molecule has 2 aliphatic rings. The Balaban J connectivity index is 0.000000463. The van der Waals surface area contributed by atoms with E-state index in [9.17, 15) is 0 Å². The third-order valence-corrected chi connectivity index (χ3v) is 3.06. The molecule has 0 aromatic rings. The van der Waals surface area contributed by atoms with E-state index in [1.54, 1.807) is 0 Å². The van der Waals surface area contributed by atoms with Crippen LogP contribution in [-0.2, 0) is 10.4 Å². The molecule has 0 saturated heterocycles. The Morgan fingerprint density at radius 2 is 1.22 bits per heavy atom. The second-order valence-electron chi connectivity index (χ2n) is 6.08. The van der Waals surface area contributed by atoms with Crippen LogP contribution in [-0.4, -0.2) is 66.5 Å². The largest absolute Gasteiger partial charge is 0.394 e. The van der Waals surface area contributed by atoms with Gasteiger partial charge in [0.2, 0.25) is 0 Å². The molecule has 0 atom stereocenters. The lowest BCUT2D eigenvalue weighted by atomic mass is 10.0. The van der Waals surface area contributed by atoms with Crippen LogP contribution in [0.1, 0.15) is 27.7 Å². The van der Waals surface area contributed by atoms with Crippen LogP contribution in [0.15, 0.2) is 20.2 Å². The number of hydrogen-bond donors (Lipinski definition) is 4. The first-order valence-corrected chi connectivity index (χ1v) is 8.53. The Morgan fingerprint density at radius 1 is 0.913 bits per heavy atom. The van der Waals surface area contributed by atoms with Gasteiger partial charge in [0.1, 0.15) is 22.7 Å². The summed E-state index contributed by atoms with van der Waals surface area (Å²) in [5.74, 6) is 1.84. The molecular weight excluding hydrogens is 324 g/mol. The van der Waals surface area contributed by atoms with Crippen LogP contribution in [0.25, 0.3) is 0 Å². The van der Waals surface area contributed by atoms with Gasteiger partial charge in [0.05, 0.1) is 13.1 Å². The first-order valence-electron chi connectivity index (χ1n) is 7.13. The summed E-state index contributed by atoms with van der Waals surface area (Å²) in [6.45, 7) is 11.5. The quantitative estimate of drug-likeness (QED) is 0.425. The third-order valence-electron chi connectivity index (χ3n) is 3.06. The van der Waals surface area contributed by atoms with Crippen molar-refractivity contribution < 1.29 is 17.5 Å². The maximum Gasteiger partial charge on any atom is 0.394 e. The summed E-state index contributed by atoms with van der Waals surface area (Å²) >= 11 is 0. The predicted molar refractivity (Wildman–Crippen MR) is 87.8 cm³/mol. The standard InChI is InChI=1S/C12H22N6.H2O4S/c1-11(2,9-13-5-6-14-9)17-18-12(3,4)10-15-7-8-16-10;1-5(2,3)4/h5-8H2,1-4H3,(H,13,14)(H,15,16);(H2,1,2,3,4). The van der Waals surface area contributed by atoms with Crippen molar-refractivity contribution >= 4 is 22.1 Å². The molecule has 2 heterocycles. The lowest BCUT2D eigenvalue weighted by Gasteiger charge is -2.23. The molecule has 0 aromatic carbocycles. The van der Waals surface area contributed by atoms with Crippen LogP contribution in [0.4, 0.5) is 0 Å². The van der Waals surface area contributed by atoms with Crippen molar-refractivity contribution in [1.29, 1.82) is 0 Å². The second-order valence-corrected chi connectivity index (χ2v) is 6.98. The van der Waals surface area contributed by atoms with E-state index < -0.39 is 21.5 Å². The van der Waals surface area contributed by atoms with Crippen molar-refractivity contribution in [2.75, 3.05) is 26.2 Å². The highest BCUT2D eigenvalue weighted by Gasteiger charge is 2.31. The number of nitrogens with zero attached hydrogens (tertiary/aromatic N) is 4. The van der Waals surface area contributed by atoms with Crippen LogP contribution < -0.4 is 10.6 Å². The smallest absolute Gasteiger partial charge is 0.370 e. The van der Waals surface area contributed by atoms with Crippen molar-refractivity contribution in [3.8, 4) is 0 Å². The summed E-state index contributed by atoms with van der Waals surface area (Å²) in [5, 5.41) is 15.4. The van der Waals surface area contributed by atoms with E-state index in [1.165, 1.54) is 0 Å². The molecule has 132 valence electrons. The number of nitrogens with one attached hydrogen (secondary N) is 2. The average Bonchev–Trinajstić information content (AvgIpc) is 3.07. The van der Waals surface area contributed by atoms with Crippen LogP contribution >= 0.6 is 0 Å². The Bertz CT molecular complexity index is 563. The van der Waals surface area contributed by atoms with Gasteiger partial charge in [-0.3, -0.25) is 19.1 Å². The molecule has 0 radical (unpaired) electrons. The van der Waals surface area contributed by atoms with Gasteiger partial charge in [0.25, 0.3) is 0 Å². The molecular formula is C12H24N6O4S. The Hall–Kier alpha value is -1.59. The Morgan fingerprint density at radius 3 is 1.43 bits per heavy atom. The van der Waals surface area contributed by atoms with Gasteiger partial charge in [-0.15, -0.1) is 0 Å². The summed E-state index contributed by atoms with van der Waals surface area (Å²) in [6, 6.07) is 0. The maximum atomic E-state index is 8.74. The molecule has 11 heteroatoms. The zero-order chi connectivity index (χ0) is 17.7. The van der Waals surface area contributed by atoms with Crippen molar-refractivity contribution in [1.82, 2.24) is 10.6 Å². The Kier molecular flexibility index (Phi) is 6.19. The van der Waals surface area contributed by atoms with Gasteiger partial charge in [0.15, 0.2) is 0 Å². The number of aliphatic imine (C=N–C) groups is 2. The first-order chi connectivity index (χ1) is 10.4. The topological polar surface area (TPSA) is 148 Å². The third kappa shape index (κ3) is 7.01. The first kappa shape index (κ1) is 19.5. The highest BCUT2D eigenvalue weighted by molar-refractivity contribution is 7.79. The molecule has 0 unspecified atom stereocenters. The van der Waals surface area contributed by atoms with Gasteiger partial charge in [-0.2, -0.15) is 18.6 Å². The van der Waals surface area contributed by atoms with Crippen molar-refractivity contribution in [2.45, 2.75) is 38.8 Å². The van der Waals surface area contributed by atoms with Gasteiger partial charge in [0, 0.05) is 13.1 Å². The second kappa shape index (κ2) is 7.32. The lowest BCUT2D eigenvalue weighted by Crippen LogP contribution is -2.41. The molecule has 0 spiro atoms. The number of hydrogen-bond acceptors (Lipinski definition) is 8. The summed E-state index contributed by atoms with van der Waals surface area (Å²) in [6.07, 6.45) is 0. The Labute approximate surface area is 136 Å². The van der Waals surface area contributed by atoms with Crippen LogP contribution in [0.5, 0.6) is 0 Å². The van der Waals surface area contributed by atoms with Crippen LogP contribution in [0.3, 0.4) is 0 Å². The van der Waals surface area contributed by atoms with Gasteiger partial charge in [-0.1, -0.05) is 0 Å². The SMILES string of the molecule is CC(C)(N=NC(C)(C)C1=NCCN1)C1=NCCN1.O=S(=O)(O)O. The van der Waals surface area contributed by atoms with Crippen molar-refractivity contribution in [3.05, 3.63) is 0 Å². The van der Waals surface area contributed by atoms with E-state index in [1.807, 2.05) is 27.7 Å². The fraction of sp³-hybridized carbons (Fsp3) is 0.833. The van der Waals surface area contributed by atoms with Crippen LogP contribution in [0, 0.1) is 0 Å². The van der Waals surface area contributed by atoms with Crippen LogP contribution in [0.2, 0.25) is 0 Å². The van der Waals surface area contributed by atoms with E-state index in [4.69, 9.17) is 17.5 Å². The monoisotopic (exact) mass is 348 g/mol. The number of azo groups is 1. The van der Waals surface area contributed by atoms with Crippen molar-refractivity contribution in [2.24, 2.45) is 20.2 Å². The van der Waals surface area contributed by atoms with E-state index in [0.717, 1.165) is 37.9 Å². The van der Waals surface area contributed by atoms with Gasteiger partial charge in [-0.25, -0.2) is 0 Å². The molecule has 10 nitrogen and oxygen atoms in total. The minimum atomic E-state index is -4.67. The molecule has 0 saturated carbocycles. The van der Waals surface area contributed by atoms with Gasteiger partial charge < -0.3 is 10.6 Å². The molecule has 0 bridgehead atoms. The lowest BCUT2D eigenvalue weighted by molar-refractivity contribution is 0.381. The van der Waals surface area contributed by atoms with E-state index in [0.29, 0.717) is 0 Å². The molecule has 0 amide bonds. The summed E-state index contributed by atoms with van der Waals surface area (Å²) < 4.78 is 31.6. The molecule has 23 heavy (non-hydrogen) atoms.